The Morgan fingerprint density at radius 2 is 1.89 bits per heavy atom. The molecule has 0 amide bonds. The molecule has 0 saturated heterocycles. The number of benzene rings is 1. The van der Waals surface area contributed by atoms with E-state index in [1.54, 1.807) is 17.7 Å². The molecule has 2 aromatic rings. The average molecular weight is 300 g/mol. The van der Waals surface area contributed by atoms with Gasteiger partial charge in [-0.1, -0.05) is 25.4 Å². The summed E-state index contributed by atoms with van der Waals surface area (Å²) in [6.45, 7) is 6.00. The smallest absolute Gasteiger partial charge is 0.229 e. The molecule has 0 saturated carbocycles. The van der Waals surface area contributed by atoms with Gasteiger partial charge in [-0.25, -0.2) is 0 Å². The van der Waals surface area contributed by atoms with E-state index >= 15 is 0 Å². The van der Waals surface area contributed by atoms with Crippen molar-refractivity contribution in [2.24, 2.45) is 0 Å². The first kappa shape index (κ1) is 14.2. The maximum atomic E-state index is 6.15. The van der Waals surface area contributed by atoms with Crippen molar-refractivity contribution >= 4 is 23.2 Å². The molecule has 0 fully saturated rings. The van der Waals surface area contributed by atoms with Crippen LogP contribution in [-0.2, 0) is 0 Å². The van der Waals surface area contributed by atoms with Crippen LogP contribution in [0.2, 0.25) is 10.3 Å². The van der Waals surface area contributed by atoms with Gasteiger partial charge < -0.3 is 4.74 Å². The van der Waals surface area contributed by atoms with Crippen LogP contribution in [0, 0.1) is 6.92 Å². The topological polar surface area (TPSA) is 39.9 Å². The summed E-state index contributed by atoms with van der Waals surface area (Å²) in [6, 6.07) is 3.69. The zero-order chi connectivity index (χ0) is 14.2. The molecule has 2 rings (SSSR count). The first-order valence-electron chi connectivity index (χ1n) is 5.91. The van der Waals surface area contributed by atoms with Crippen molar-refractivity contribution in [1.82, 2.24) is 14.8 Å². The highest BCUT2D eigenvalue weighted by molar-refractivity contribution is 6.31. The van der Waals surface area contributed by atoms with Gasteiger partial charge in [0, 0.05) is 17.0 Å². The molecule has 102 valence electrons. The summed E-state index contributed by atoms with van der Waals surface area (Å²) in [7, 11) is 1.60. The number of hydrogen-bond donors (Lipinski definition) is 0. The van der Waals surface area contributed by atoms with Crippen LogP contribution in [-0.4, -0.2) is 21.9 Å². The van der Waals surface area contributed by atoms with Crippen LogP contribution < -0.4 is 4.74 Å². The number of aromatic nitrogens is 3. The van der Waals surface area contributed by atoms with Crippen LogP contribution in [0.25, 0.3) is 5.69 Å². The fraction of sp³-hybridized carbons (Fsp3) is 0.385. The van der Waals surface area contributed by atoms with E-state index in [0.29, 0.717) is 16.1 Å². The van der Waals surface area contributed by atoms with Crippen molar-refractivity contribution in [3.05, 3.63) is 33.8 Å². The van der Waals surface area contributed by atoms with E-state index in [9.17, 15) is 0 Å². The average Bonchev–Trinajstić information content (AvgIpc) is 2.74. The van der Waals surface area contributed by atoms with Gasteiger partial charge in [0.1, 0.15) is 11.6 Å². The summed E-state index contributed by atoms with van der Waals surface area (Å²) in [5, 5.41) is 9.00. The van der Waals surface area contributed by atoms with Crippen molar-refractivity contribution in [2.45, 2.75) is 26.7 Å². The molecule has 6 heteroatoms. The van der Waals surface area contributed by atoms with Crippen LogP contribution in [0.3, 0.4) is 0 Å². The van der Waals surface area contributed by atoms with E-state index in [0.717, 1.165) is 17.1 Å². The van der Waals surface area contributed by atoms with Gasteiger partial charge in [0.05, 0.1) is 12.8 Å². The third kappa shape index (κ3) is 2.55. The molecule has 0 N–H and O–H groups in total. The largest absolute Gasteiger partial charge is 0.495 e. The van der Waals surface area contributed by atoms with Gasteiger partial charge >= 0.3 is 0 Å². The van der Waals surface area contributed by atoms with E-state index < -0.39 is 0 Å². The van der Waals surface area contributed by atoms with Crippen molar-refractivity contribution < 1.29 is 4.74 Å². The first-order chi connectivity index (χ1) is 8.95. The summed E-state index contributed by atoms with van der Waals surface area (Å²) < 4.78 is 7.16. The third-order valence-corrected chi connectivity index (χ3v) is 3.52. The molecule has 0 bridgehead atoms. The van der Waals surface area contributed by atoms with E-state index in [-0.39, 0.29) is 5.92 Å². The Kier molecular flexibility index (Phi) is 4.02. The Labute approximate surface area is 122 Å². The van der Waals surface area contributed by atoms with Crippen molar-refractivity contribution in [2.75, 3.05) is 7.11 Å². The Morgan fingerprint density at radius 3 is 2.47 bits per heavy atom. The predicted octanol–water partition coefficient (Wildman–Crippen LogP) is 4.01. The molecule has 0 radical (unpaired) electrons. The first-order valence-corrected chi connectivity index (χ1v) is 6.66. The number of nitrogens with zero attached hydrogens (tertiary/aromatic N) is 3. The maximum Gasteiger partial charge on any atom is 0.229 e. The number of aryl methyl sites for hydroxylation is 1. The number of halogens is 2. The molecule has 1 aromatic heterocycles. The molecule has 0 aliphatic heterocycles. The van der Waals surface area contributed by atoms with Crippen molar-refractivity contribution in [1.29, 1.82) is 0 Å². The lowest BCUT2D eigenvalue weighted by atomic mass is 10.1. The normalized spacial score (nSPS) is 11.1. The van der Waals surface area contributed by atoms with Crippen LogP contribution >= 0.6 is 23.2 Å². The second kappa shape index (κ2) is 5.39. The zero-order valence-corrected chi connectivity index (χ0v) is 12.7. The summed E-state index contributed by atoms with van der Waals surface area (Å²) >= 11 is 12.3. The molecule has 0 aliphatic carbocycles. The van der Waals surface area contributed by atoms with Gasteiger partial charge in [-0.05, 0) is 30.2 Å². The standard InChI is InChI=1S/C13H15Cl2N3O/c1-7(2)12-16-17-13(15)18(12)10-5-8(3)9(14)6-11(10)19-4/h5-7H,1-4H3. The number of ether oxygens (including phenoxy) is 1. The van der Waals surface area contributed by atoms with E-state index in [1.165, 1.54) is 0 Å². The van der Waals surface area contributed by atoms with Gasteiger partial charge in [0.15, 0.2) is 0 Å². The Bertz CT molecular complexity index is 608. The van der Waals surface area contributed by atoms with E-state index in [2.05, 4.69) is 10.2 Å². The number of rotatable bonds is 3. The highest BCUT2D eigenvalue weighted by atomic mass is 35.5. The molecular weight excluding hydrogens is 285 g/mol. The number of methoxy groups -OCH3 is 1. The molecule has 0 unspecified atom stereocenters. The molecule has 0 atom stereocenters. The van der Waals surface area contributed by atoms with Gasteiger partial charge in [-0.3, -0.25) is 4.57 Å². The van der Waals surface area contributed by atoms with E-state index in [4.69, 9.17) is 27.9 Å². The van der Waals surface area contributed by atoms with Gasteiger partial charge in [-0.15, -0.1) is 10.2 Å². The lowest BCUT2D eigenvalue weighted by Gasteiger charge is -2.15. The molecule has 4 nitrogen and oxygen atoms in total. The van der Waals surface area contributed by atoms with Crippen molar-refractivity contribution in [3.8, 4) is 11.4 Å². The van der Waals surface area contributed by atoms with E-state index in [1.807, 2.05) is 26.8 Å². The molecule has 1 heterocycles. The molecular formula is C13H15Cl2N3O. The lowest BCUT2D eigenvalue weighted by Crippen LogP contribution is -2.05. The van der Waals surface area contributed by atoms with Crippen LogP contribution in [0.1, 0.15) is 31.2 Å². The Balaban J connectivity index is 2.71. The summed E-state index contributed by atoms with van der Waals surface area (Å²) in [5.74, 6) is 1.62. The second-order valence-corrected chi connectivity index (χ2v) is 5.34. The van der Waals surface area contributed by atoms with Gasteiger partial charge in [0.2, 0.25) is 5.28 Å². The fourth-order valence-electron chi connectivity index (χ4n) is 1.86. The molecule has 1 aromatic carbocycles. The Hall–Kier alpha value is -1.26. The molecule has 0 spiro atoms. The van der Waals surface area contributed by atoms with Crippen LogP contribution in [0.5, 0.6) is 5.75 Å². The monoisotopic (exact) mass is 299 g/mol. The SMILES string of the molecule is COc1cc(Cl)c(C)cc1-n1c(Cl)nnc1C(C)C. The molecule has 19 heavy (non-hydrogen) atoms. The third-order valence-electron chi connectivity index (χ3n) is 2.87. The zero-order valence-electron chi connectivity index (χ0n) is 11.2. The predicted molar refractivity (Wildman–Crippen MR) is 76.8 cm³/mol. The fourth-order valence-corrected chi connectivity index (χ4v) is 2.23. The minimum absolute atomic E-state index is 0.195. The van der Waals surface area contributed by atoms with Crippen molar-refractivity contribution in [3.63, 3.8) is 0 Å². The highest BCUT2D eigenvalue weighted by Crippen LogP contribution is 2.33. The highest BCUT2D eigenvalue weighted by Gasteiger charge is 2.19. The Morgan fingerprint density at radius 1 is 1.21 bits per heavy atom. The molecule has 0 aliphatic rings. The second-order valence-electron chi connectivity index (χ2n) is 4.59. The number of hydrogen-bond acceptors (Lipinski definition) is 3. The minimum Gasteiger partial charge on any atom is -0.495 e. The van der Waals surface area contributed by atoms with Gasteiger partial charge in [-0.2, -0.15) is 0 Å². The lowest BCUT2D eigenvalue weighted by molar-refractivity contribution is 0.412. The van der Waals surface area contributed by atoms with Crippen LogP contribution in [0.4, 0.5) is 0 Å². The minimum atomic E-state index is 0.195. The maximum absolute atomic E-state index is 6.15. The quantitative estimate of drug-likeness (QED) is 0.859. The van der Waals surface area contributed by atoms with Gasteiger partial charge in [0.25, 0.3) is 0 Å². The summed E-state index contributed by atoms with van der Waals surface area (Å²) in [6.07, 6.45) is 0. The summed E-state index contributed by atoms with van der Waals surface area (Å²) in [5.41, 5.74) is 1.74. The van der Waals surface area contributed by atoms with Crippen LogP contribution in [0.15, 0.2) is 12.1 Å². The summed E-state index contributed by atoms with van der Waals surface area (Å²) in [4.78, 5) is 0.